The van der Waals surface area contributed by atoms with E-state index in [1.165, 1.54) is 5.56 Å². The number of carbonyl (C=O) groups is 1. The molecule has 0 aliphatic heterocycles. The summed E-state index contributed by atoms with van der Waals surface area (Å²) in [6.45, 7) is 6.60. The van der Waals surface area contributed by atoms with Crippen molar-refractivity contribution in [2.24, 2.45) is 0 Å². The zero-order chi connectivity index (χ0) is 14.8. The van der Waals surface area contributed by atoms with Crippen LogP contribution in [0.4, 0.5) is 0 Å². The van der Waals surface area contributed by atoms with Crippen molar-refractivity contribution in [1.82, 2.24) is 0 Å². The molecule has 0 fully saturated rings. The van der Waals surface area contributed by atoms with Gasteiger partial charge in [-0.15, -0.1) is 0 Å². The highest BCUT2D eigenvalue weighted by Crippen LogP contribution is 2.32. The number of carbonyl (C=O) groups excluding carboxylic acids is 1. The fraction of sp³-hybridized carbons (Fsp3) is 0.235. The molecule has 104 valence electrons. The van der Waals surface area contributed by atoms with Crippen LogP contribution in [-0.4, -0.2) is 6.29 Å². The minimum atomic E-state index is 0.165. The third-order valence-electron chi connectivity index (χ3n) is 3.05. The van der Waals surface area contributed by atoms with Crippen molar-refractivity contribution in [2.75, 3.05) is 0 Å². The van der Waals surface area contributed by atoms with Gasteiger partial charge in [0.15, 0.2) is 6.29 Å². The maximum absolute atomic E-state index is 10.7. The molecule has 2 aromatic carbocycles. The number of rotatable bonds is 3. The van der Waals surface area contributed by atoms with Gasteiger partial charge in [0.1, 0.15) is 0 Å². The van der Waals surface area contributed by atoms with Crippen LogP contribution >= 0.6 is 23.4 Å². The molecule has 0 saturated heterocycles. The summed E-state index contributed by atoms with van der Waals surface area (Å²) in [4.78, 5) is 12.9. The fourth-order valence-corrected chi connectivity index (χ4v) is 2.97. The molecule has 2 aromatic rings. The van der Waals surface area contributed by atoms with Gasteiger partial charge in [0.2, 0.25) is 0 Å². The van der Waals surface area contributed by atoms with Gasteiger partial charge in [0.25, 0.3) is 0 Å². The zero-order valence-corrected chi connectivity index (χ0v) is 13.4. The van der Waals surface area contributed by atoms with E-state index < -0.39 is 0 Å². The number of benzene rings is 2. The molecular weight excluding hydrogens is 288 g/mol. The number of hydrogen-bond acceptors (Lipinski definition) is 2. The molecule has 3 heteroatoms. The predicted molar refractivity (Wildman–Crippen MR) is 86.1 cm³/mol. The van der Waals surface area contributed by atoms with Gasteiger partial charge in [0, 0.05) is 15.4 Å². The summed E-state index contributed by atoms with van der Waals surface area (Å²) in [5.74, 6) is 0. The Hall–Kier alpha value is -1.25. The summed E-state index contributed by atoms with van der Waals surface area (Å²) in [5.41, 5.74) is 2.01. The van der Waals surface area contributed by atoms with Crippen molar-refractivity contribution >= 4 is 29.6 Å². The van der Waals surface area contributed by atoms with Crippen molar-refractivity contribution < 1.29 is 4.79 Å². The average molecular weight is 305 g/mol. The highest BCUT2D eigenvalue weighted by molar-refractivity contribution is 7.99. The maximum atomic E-state index is 10.7. The summed E-state index contributed by atoms with van der Waals surface area (Å²) in [6.07, 6.45) is 0.773. The van der Waals surface area contributed by atoms with Gasteiger partial charge in [-0.3, -0.25) is 4.79 Å². The quantitative estimate of drug-likeness (QED) is 0.686. The van der Waals surface area contributed by atoms with Gasteiger partial charge < -0.3 is 0 Å². The van der Waals surface area contributed by atoms with Crippen LogP contribution in [0.3, 0.4) is 0 Å². The summed E-state index contributed by atoms with van der Waals surface area (Å²) >= 11 is 7.68. The van der Waals surface area contributed by atoms with Crippen LogP contribution in [0.2, 0.25) is 5.02 Å². The van der Waals surface area contributed by atoms with Crippen molar-refractivity contribution in [3.05, 3.63) is 58.6 Å². The number of aldehydes is 1. The van der Waals surface area contributed by atoms with Crippen molar-refractivity contribution in [3.63, 3.8) is 0 Å². The Morgan fingerprint density at radius 2 is 1.60 bits per heavy atom. The Bertz CT molecular complexity index is 612. The van der Waals surface area contributed by atoms with Crippen LogP contribution in [0.5, 0.6) is 0 Å². The minimum absolute atomic E-state index is 0.165. The molecule has 0 bridgehead atoms. The standard InChI is InChI=1S/C17H17ClOS/c1-17(2,3)13-5-8-14(9-6-13)20-15-7-4-12(11-19)16(18)10-15/h4-11H,1-3H3. The Labute approximate surface area is 129 Å². The third-order valence-corrected chi connectivity index (χ3v) is 4.38. The van der Waals surface area contributed by atoms with Gasteiger partial charge in [-0.05, 0) is 41.3 Å². The van der Waals surface area contributed by atoms with Gasteiger partial charge in [-0.1, -0.05) is 56.3 Å². The van der Waals surface area contributed by atoms with E-state index in [0.717, 1.165) is 16.1 Å². The first-order valence-corrected chi connectivity index (χ1v) is 7.63. The maximum Gasteiger partial charge on any atom is 0.151 e. The van der Waals surface area contributed by atoms with Crippen molar-refractivity contribution in [1.29, 1.82) is 0 Å². The zero-order valence-electron chi connectivity index (χ0n) is 11.8. The Morgan fingerprint density at radius 3 is 2.10 bits per heavy atom. The lowest BCUT2D eigenvalue weighted by Crippen LogP contribution is -2.10. The summed E-state index contributed by atoms with van der Waals surface area (Å²) in [6, 6.07) is 14.0. The van der Waals surface area contributed by atoms with E-state index in [0.29, 0.717) is 10.6 Å². The molecule has 0 heterocycles. The van der Waals surface area contributed by atoms with E-state index in [4.69, 9.17) is 11.6 Å². The van der Waals surface area contributed by atoms with Crippen LogP contribution in [-0.2, 0) is 5.41 Å². The highest BCUT2D eigenvalue weighted by atomic mass is 35.5. The van der Waals surface area contributed by atoms with Gasteiger partial charge >= 0.3 is 0 Å². The van der Waals surface area contributed by atoms with Crippen molar-refractivity contribution in [3.8, 4) is 0 Å². The van der Waals surface area contributed by atoms with E-state index in [9.17, 15) is 4.79 Å². The number of hydrogen-bond donors (Lipinski definition) is 0. The molecule has 0 amide bonds. The van der Waals surface area contributed by atoms with E-state index in [1.54, 1.807) is 17.8 Å². The first-order chi connectivity index (χ1) is 9.40. The van der Waals surface area contributed by atoms with Gasteiger partial charge in [-0.25, -0.2) is 0 Å². The summed E-state index contributed by atoms with van der Waals surface area (Å²) in [5, 5.41) is 0.497. The molecule has 0 aliphatic carbocycles. The second-order valence-corrected chi connectivity index (χ2v) is 7.23. The van der Waals surface area contributed by atoms with Crippen LogP contribution in [0, 0.1) is 0 Å². The van der Waals surface area contributed by atoms with E-state index in [1.807, 2.05) is 12.1 Å². The van der Waals surface area contributed by atoms with Crippen LogP contribution in [0.1, 0.15) is 36.7 Å². The SMILES string of the molecule is CC(C)(C)c1ccc(Sc2ccc(C=O)c(Cl)c2)cc1. The summed E-state index contributed by atoms with van der Waals surface area (Å²) in [7, 11) is 0. The molecule has 0 atom stereocenters. The van der Waals surface area contributed by atoms with Gasteiger partial charge in [-0.2, -0.15) is 0 Å². The second-order valence-electron chi connectivity index (χ2n) is 5.68. The molecule has 0 aromatic heterocycles. The third kappa shape index (κ3) is 3.65. The second kappa shape index (κ2) is 6.02. The largest absolute Gasteiger partial charge is 0.298 e. The summed E-state index contributed by atoms with van der Waals surface area (Å²) < 4.78 is 0. The number of halogens is 1. The van der Waals surface area contributed by atoms with Crippen LogP contribution in [0.15, 0.2) is 52.3 Å². The molecule has 20 heavy (non-hydrogen) atoms. The van der Waals surface area contributed by atoms with E-state index in [-0.39, 0.29) is 5.41 Å². The molecule has 2 rings (SSSR count). The van der Waals surface area contributed by atoms with Crippen LogP contribution in [0.25, 0.3) is 0 Å². The predicted octanol–water partition coefficient (Wildman–Crippen LogP) is 5.60. The molecule has 0 aliphatic rings. The monoisotopic (exact) mass is 304 g/mol. The lowest BCUT2D eigenvalue weighted by Gasteiger charge is -2.19. The molecule has 0 spiro atoms. The lowest BCUT2D eigenvalue weighted by atomic mass is 9.87. The topological polar surface area (TPSA) is 17.1 Å². The highest BCUT2D eigenvalue weighted by Gasteiger charge is 2.13. The molecule has 0 radical (unpaired) electrons. The molecule has 0 unspecified atom stereocenters. The average Bonchev–Trinajstić information content (AvgIpc) is 2.38. The van der Waals surface area contributed by atoms with Crippen LogP contribution < -0.4 is 0 Å². The molecule has 0 N–H and O–H groups in total. The fourth-order valence-electron chi connectivity index (χ4n) is 1.83. The van der Waals surface area contributed by atoms with Crippen molar-refractivity contribution in [2.45, 2.75) is 36.0 Å². The Kier molecular flexibility index (Phi) is 4.56. The molecule has 0 saturated carbocycles. The normalized spacial score (nSPS) is 11.4. The minimum Gasteiger partial charge on any atom is -0.298 e. The Morgan fingerprint density at radius 1 is 1.00 bits per heavy atom. The molecule has 1 nitrogen and oxygen atoms in total. The van der Waals surface area contributed by atoms with E-state index >= 15 is 0 Å². The molecular formula is C17H17ClOS. The Balaban J connectivity index is 2.18. The van der Waals surface area contributed by atoms with E-state index in [2.05, 4.69) is 45.0 Å². The smallest absolute Gasteiger partial charge is 0.151 e. The lowest BCUT2D eigenvalue weighted by molar-refractivity contribution is 0.112. The van der Waals surface area contributed by atoms with Gasteiger partial charge in [0.05, 0.1) is 5.02 Å². The first kappa shape index (κ1) is 15.1. The first-order valence-electron chi connectivity index (χ1n) is 6.43.